The van der Waals surface area contributed by atoms with Gasteiger partial charge in [-0.3, -0.25) is 9.69 Å². The van der Waals surface area contributed by atoms with Crippen LogP contribution in [-0.2, 0) is 4.79 Å². The number of amides is 1. The van der Waals surface area contributed by atoms with Gasteiger partial charge in [-0.1, -0.05) is 6.07 Å². The maximum Gasteiger partial charge on any atom is 0.248 e. The number of benzene rings is 1. The average molecular weight is 290 g/mol. The van der Waals surface area contributed by atoms with Crippen molar-refractivity contribution in [3.05, 3.63) is 23.8 Å². The van der Waals surface area contributed by atoms with Gasteiger partial charge in [0.25, 0.3) is 0 Å². The molecule has 1 unspecified atom stereocenters. The summed E-state index contributed by atoms with van der Waals surface area (Å²) in [4.78, 5) is 18.1. The average Bonchev–Trinajstić information content (AvgIpc) is 2.73. The molecule has 0 bridgehead atoms. The molecule has 3 N–H and O–H groups in total. The molecule has 2 aliphatic rings. The van der Waals surface area contributed by atoms with Crippen LogP contribution < -0.4 is 15.5 Å². The number of piperazine rings is 1. The zero-order chi connectivity index (χ0) is 15.0. The molecular formula is C15H22N4O2. The van der Waals surface area contributed by atoms with E-state index in [-0.39, 0.29) is 12.5 Å². The van der Waals surface area contributed by atoms with Crippen molar-refractivity contribution in [2.45, 2.75) is 6.04 Å². The Morgan fingerprint density at radius 2 is 2.00 bits per heavy atom. The molecular weight excluding hydrogens is 268 g/mol. The predicted molar refractivity (Wildman–Crippen MR) is 82.5 cm³/mol. The second-order valence-electron chi connectivity index (χ2n) is 5.67. The van der Waals surface area contributed by atoms with E-state index in [2.05, 4.69) is 15.9 Å². The summed E-state index contributed by atoms with van der Waals surface area (Å²) in [5.74, 6) is -0.0464. The van der Waals surface area contributed by atoms with E-state index in [9.17, 15) is 4.79 Å². The van der Waals surface area contributed by atoms with Gasteiger partial charge in [0, 0.05) is 51.0 Å². The number of aliphatic hydroxyl groups excluding tert-OH is 1. The van der Waals surface area contributed by atoms with Crippen molar-refractivity contribution < 1.29 is 9.90 Å². The summed E-state index contributed by atoms with van der Waals surface area (Å²) in [6.07, 6.45) is 0. The van der Waals surface area contributed by atoms with Crippen LogP contribution in [-0.4, -0.2) is 62.3 Å². The van der Waals surface area contributed by atoms with Crippen molar-refractivity contribution in [3.63, 3.8) is 0 Å². The van der Waals surface area contributed by atoms with Crippen LogP contribution in [0.2, 0.25) is 0 Å². The maximum absolute atomic E-state index is 11.9. The van der Waals surface area contributed by atoms with Crippen LogP contribution in [0.4, 0.5) is 11.4 Å². The summed E-state index contributed by atoms with van der Waals surface area (Å²) < 4.78 is 0. The third kappa shape index (κ3) is 2.50. The molecule has 1 fully saturated rings. The van der Waals surface area contributed by atoms with Gasteiger partial charge in [0.05, 0.1) is 12.3 Å². The number of aliphatic hydroxyl groups is 1. The Balaban J connectivity index is 1.76. The van der Waals surface area contributed by atoms with E-state index in [1.807, 2.05) is 12.1 Å². The SMILES string of the molecule is CN1C(=O)C(N)c2ccc(N3CCN(CCO)CC3)cc21. The molecule has 3 rings (SSSR count). The second-order valence-corrected chi connectivity index (χ2v) is 5.67. The molecule has 1 atom stereocenters. The van der Waals surface area contributed by atoms with E-state index in [0.717, 1.165) is 49.7 Å². The Morgan fingerprint density at radius 1 is 1.29 bits per heavy atom. The quantitative estimate of drug-likeness (QED) is 0.805. The lowest BCUT2D eigenvalue weighted by atomic mass is 10.1. The van der Waals surface area contributed by atoms with Crippen molar-refractivity contribution >= 4 is 17.3 Å². The van der Waals surface area contributed by atoms with Gasteiger partial charge in [-0.05, 0) is 12.1 Å². The van der Waals surface area contributed by atoms with Crippen molar-refractivity contribution in [1.82, 2.24) is 4.90 Å². The highest BCUT2D eigenvalue weighted by molar-refractivity contribution is 6.04. The molecule has 1 aromatic rings. The Morgan fingerprint density at radius 3 is 2.67 bits per heavy atom. The lowest BCUT2D eigenvalue weighted by Crippen LogP contribution is -2.47. The lowest BCUT2D eigenvalue weighted by molar-refractivity contribution is -0.118. The first kappa shape index (κ1) is 14.3. The normalized spacial score (nSPS) is 22.8. The topological polar surface area (TPSA) is 73.0 Å². The molecule has 0 aromatic heterocycles. The van der Waals surface area contributed by atoms with Crippen LogP contribution in [0.3, 0.4) is 0 Å². The predicted octanol–water partition coefficient (Wildman–Crippen LogP) is -0.223. The van der Waals surface area contributed by atoms with Gasteiger partial charge in [0.1, 0.15) is 6.04 Å². The standard InChI is InChI=1S/C15H22N4O2/c1-17-13-10-11(2-3-12(13)14(16)15(17)21)19-6-4-18(5-7-19)8-9-20/h2-3,10,14,20H,4-9,16H2,1H3. The zero-order valence-corrected chi connectivity index (χ0v) is 12.3. The first-order valence-corrected chi connectivity index (χ1v) is 7.37. The van der Waals surface area contributed by atoms with E-state index < -0.39 is 6.04 Å². The number of β-amino-alcohol motifs (C(OH)–C–C–N with tert-alkyl or cyclic N) is 1. The highest BCUT2D eigenvalue weighted by atomic mass is 16.3. The Hall–Kier alpha value is -1.63. The Bertz CT molecular complexity index is 540. The Labute approximate surface area is 124 Å². The van der Waals surface area contributed by atoms with E-state index >= 15 is 0 Å². The molecule has 1 aromatic carbocycles. The first-order valence-electron chi connectivity index (χ1n) is 7.37. The number of nitrogens with zero attached hydrogens (tertiary/aromatic N) is 3. The number of fused-ring (bicyclic) bond motifs is 1. The smallest absolute Gasteiger partial charge is 0.248 e. The van der Waals surface area contributed by atoms with Gasteiger partial charge < -0.3 is 20.6 Å². The molecule has 114 valence electrons. The van der Waals surface area contributed by atoms with Crippen LogP contribution in [0, 0.1) is 0 Å². The van der Waals surface area contributed by atoms with Gasteiger partial charge >= 0.3 is 0 Å². The minimum atomic E-state index is -0.527. The summed E-state index contributed by atoms with van der Waals surface area (Å²) in [6, 6.07) is 5.55. The number of anilines is 2. The van der Waals surface area contributed by atoms with Crippen LogP contribution in [0.5, 0.6) is 0 Å². The first-order chi connectivity index (χ1) is 10.1. The summed E-state index contributed by atoms with van der Waals surface area (Å²) >= 11 is 0. The molecule has 1 saturated heterocycles. The van der Waals surface area contributed by atoms with Crippen molar-refractivity contribution in [2.24, 2.45) is 5.73 Å². The van der Waals surface area contributed by atoms with Gasteiger partial charge in [-0.25, -0.2) is 0 Å². The van der Waals surface area contributed by atoms with Crippen LogP contribution in [0.15, 0.2) is 18.2 Å². The second kappa shape index (κ2) is 5.63. The fraction of sp³-hybridized carbons (Fsp3) is 0.533. The van der Waals surface area contributed by atoms with Crippen molar-refractivity contribution in [2.75, 3.05) is 56.2 Å². The third-order valence-electron chi connectivity index (χ3n) is 4.46. The number of nitrogens with two attached hydrogens (primary N) is 1. The maximum atomic E-state index is 11.9. The molecule has 0 saturated carbocycles. The van der Waals surface area contributed by atoms with Gasteiger partial charge in [-0.15, -0.1) is 0 Å². The molecule has 21 heavy (non-hydrogen) atoms. The van der Waals surface area contributed by atoms with Crippen molar-refractivity contribution in [1.29, 1.82) is 0 Å². The summed E-state index contributed by atoms with van der Waals surface area (Å²) in [5, 5.41) is 8.98. The van der Waals surface area contributed by atoms with Crippen LogP contribution in [0.25, 0.3) is 0 Å². The van der Waals surface area contributed by atoms with Gasteiger partial charge in [0.15, 0.2) is 0 Å². The van der Waals surface area contributed by atoms with E-state index in [1.54, 1.807) is 11.9 Å². The van der Waals surface area contributed by atoms with Crippen LogP contribution in [0.1, 0.15) is 11.6 Å². The molecule has 1 amide bonds. The third-order valence-corrected chi connectivity index (χ3v) is 4.46. The lowest BCUT2D eigenvalue weighted by Gasteiger charge is -2.36. The number of carbonyl (C=O) groups excluding carboxylic acids is 1. The number of hydrogen-bond acceptors (Lipinski definition) is 5. The minimum absolute atomic E-state index is 0.0464. The van der Waals surface area contributed by atoms with Crippen LogP contribution >= 0.6 is 0 Å². The van der Waals surface area contributed by atoms with E-state index in [4.69, 9.17) is 10.8 Å². The molecule has 0 aliphatic carbocycles. The zero-order valence-electron chi connectivity index (χ0n) is 12.3. The van der Waals surface area contributed by atoms with E-state index in [0.29, 0.717) is 0 Å². The molecule has 0 spiro atoms. The van der Waals surface area contributed by atoms with Gasteiger partial charge in [-0.2, -0.15) is 0 Å². The minimum Gasteiger partial charge on any atom is -0.395 e. The molecule has 2 aliphatic heterocycles. The van der Waals surface area contributed by atoms with E-state index in [1.165, 1.54) is 0 Å². The Kier molecular flexibility index (Phi) is 3.84. The summed E-state index contributed by atoms with van der Waals surface area (Å²) in [5.41, 5.74) is 8.88. The number of carbonyl (C=O) groups is 1. The van der Waals surface area contributed by atoms with Crippen molar-refractivity contribution in [3.8, 4) is 0 Å². The molecule has 6 heteroatoms. The number of likely N-dealkylation sites (N-methyl/N-ethyl adjacent to an activating group) is 1. The largest absolute Gasteiger partial charge is 0.395 e. The fourth-order valence-electron chi connectivity index (χ4n) is 3.11. The summed E-state index contributed by atoms with van der Waals surface area (Å²) in [6.45, 7) is 4.72. The number of hydrogen-bond donors (Lipinski definition) is 2. The summed E-state index contributed by atoms with van der Waals surface area (Å²) in [7, 11) is 1.77. The molecule has 2 heterocycles. The monoisotopic (exact) mass is 290 g/mol. The molecule has 6 nitrogen and oxygen atoms in total. The highest BCUT2D eigenvalue weighted by Crippen LogP contribution is 2.36. The number of rotatable bonds is 3. The highest BCUT2D eigenvalue weighted by Gasteiger charge is 2.32. The fourth-order valence-corrected chi connectivity index (χ4v) is 3.11. The molecule has 0 radical (unpaired) electrons. The van der Waals surface area contributed by atoms with Gasteiger partial charge in [0.2, 0.25) is 5.91 Å².